The summed E-state index contributed by atoms with van der Waals surface area (Å²) in [5.41, 5.74) is 6.21. The Morgan fingerprint density at radius 2 is 2.04 bits per heavy atom. The third-order valence-electron chi connectivity index (χ3n) is 4.36. The molecule has 1 aromatic rings. The van der Waals surface area contributed by atoms with E-state index in [0.717, 1.165) is 31.6 Å². The summed E-state index contributed by atoms with van der Waals surface area (Å²) in [5.74, 6) is -0.535. The van der Waals surface area contributed by atoms with Crippen LogP contribution in [-0.2, 0) is 4.79 Å². The van der Waals surface area contributed by atoms with Gasteiger partial charge in [-0.3, -0.25) is 9.69 Å². The second kappa shape index (κ2) is 6.98. The Morgan fingerprint density at radius 1 is 1.42 bits per heavy atom. The molecular formula is C16H22F3N3O2. The maximum Gasteiger partial charge on any atom is 0.573 e. The number of halogens is 3. The fourth-order valence-electron chi connectivity index (χ4n) is 2.71. The SMILES string of the molecule is CC(C(=O)Nc1ccc(OC(F)(F)F)cc1)N1CCC(C)(CN)C1. The summed E-state index contributed by atoms with van der Waals surface area (Å²) in [4.78, 5) is 14.4. The van der Waals surface area contributed by atoms with Crippen LogP contribution >= 0.6 is 0 Å². The number of carbonyl (C=O) groups is 1. The summed E-state index contributed by atoms with van der Waals surface area (Å²) in [6.07, 6.45) is -3.80. The van der Waals surface area contributed by atoms with Gasteiger partial charge in [0.2, 0.25) is 5.91 Å². The lowest BCUT2D eigenvalue weighted by atomic mass is 9.90. The van der Waals surface area contributed by atoms with Gasteiger partial charge in [0.25, 0.3) is 0 Å². The van der Waals surface area contributed by atoms with Gasteiger partial charge in [-0.05, 0) is 56.1 Å². The summed E-state index contributed by atoms with van der Waals surface area (Å²) in [6, 6.07) is 4.73. The molecule has 2 rings (SSSR count). The summed E-state index contributed by atoms with van der Waals surface area (Å²) in [7, 11) is 0. The quantitative estimate of drug-likeness (QED) is 0.861. The lowest BCUT2D eigenvalue weighted by molar-refractivity contribution is -0.274. The number of alkyl halides is 3. The number of hydrogen-bond acceptors (Lipinski definition) is 4. The number of nitrogens with two attached hydrogens (primary N) is 1. The Hall–Kier alpha value is -1.80. The van der Waals surface area contributed by atoms with Gasteiger partial charge >= 0.3 is 6.36 Å². The van der Waals surface area contributed by atoms with Gasteiger partial charge in [0, 0.05) is 12.2 Å². The Labute approximate surface area is 138 Å². The van der Waals surface area contributed by atoms with E-state index in [0.29, 0.717) is 12.2 Å². The van der Waals surface area contributed by atoms with Crippen molar-refractivity contribution >= 4 is 11.6 Å². The molecule has 1 heterocycles. The normalized spacial score (nSPS) is 23.1. The molecular weight excluding hydrogens is 323 g/mol. The fraction of sp³-hybridized carbons (Fsp3) is 0.562. The van der Waals surface area contributed by atoms with Gasteiger partial charge in [0.1, 0.15) is 5.75 Å². The average molecular weight is 345 g/mol. The van der Waals surface area contributed by atoms with Crippen molar-refractivity contribution < 1.29 is 22.7 Å². The minimum Gasteiger partial charge on any atom is -0.406 e. The molecule has 8 heteroatoms. The minimum atomic E-state index is -4.73. The van der Waals surface area contributed by atoms with Crippen molar-refractivity contribution in [3.63, 3.8) is 0 Å². The van der Waals surface area contributed by atoms with E-state index in [-0.39, 0.29) is 23.1 Å². The topological polar surface area (TPSA) is 67.6 Å². The second-order valence-electron chi connectivity index (χ2n) is 6.47. The minimum absolute atomic E-state index is 0.0190. The first-order chi connectivity index (χ1) is 11.1. The zero-order chi connectivity index (χ0) is 18.0. The van der Waals surface area contributed by atoms with E-state index in [1.165, 1.54) is 12.1 Å². The maximum atomic E-state index is 12.3. The molecule has 0 bridgehead atoms. The highest BCUT2D eigenvalue weighted by molar-refractivity contribution is 5.94. The Morgan fingerprint density at radius 3 is 2.54 bits per heavy atom. The highest BCUT2D eigenvalue weighted by atomic mass is 19.4. The van der Waals surface area contributed by atoms with Crippen LogP contribution in [0.5, 0.6) is 5.75 Å². The Kier molecular flexibility index (Phi) is 5.39. The largest absolute Gasteiger partial charge is 0.573 e. The number of hydrogen-bond donors (Lipinski definition) is 2. The van der Waals surface area contributed by atoms with E-state index in [2.05, 4.69) is 21.9 Å². The number of carbonyl (C=O) groups excluding carboxylic acids is 1. The molecule has 1 fully saturated rings. The smallest absolute Gasteiger partial charge is 0.406 e. The van der Waals surface area contributed by atoms with Crippen LogP contribution in [0.1, 0.15) is 20.3 Å². The lowest BCUT2D eigenvalue weighted by Gasteiger charge is -2.26. The lowest BCUT2D eigenvalue weighted by Crippen LogP contribution is -2.42. The predicted molar refractivity (Wildman–Crippen MR) is 84.6 cm³/mol. The number of ether oxygens (including phenoxy) is 1. The number of amides is 1. The van der Waals surface area contributed by atoms with Gasteiger partial charge in [-0.15, -0.1) is 13.2 Å². The predicted octanol–water partition coefficient (Wildman–Crippen LogP) is 2.58. The molecule has 1 aromatic carbocycles. The van der Waals surface area contributed by atoms with Crippen molar-refractivity contribution in [2.24, 2.45) is 11.1 Å². The van der Waals surface area contributed by atoms with Crippen molar-refractivity contribution in [3.8, 4) is 5.75 Å². The standard InChI is InChI=1S/C16H22F3N3O2/c1-11(22-8-7-15(2,9-20)10-22)14(23)21-12-3-5-13(6-4-12)24-16(17,18)19/h3-6,11H,7-10,20H2,1-2H3,(H,21,23). The van der Waals surface area contributed by atoms with E-state index in [4.69, 9.17) is 5.73 Å². The molecule has 0 aromatic heterocycles. The zero-order valence-corrected chi connectivity index (χ0v) is 13.7. The zero-order valence-electron chi connectivity index (χ0n) is 13.7. The van der Waals surface area contributed by atoms with Gasteiger partial charge in [-0.1, -0.05) is 6.92 Å². The molecule has 1 saturated heterocycles. The summed E-state index contributed by atoms with van der Waals surface area (Å²) in [5, 5.41) is 2.71. The number of nitrogens with one attached hydrogen (secondary N) is 1. The van der Waals surface area contributed by atoms with Crippen molar-refractivity contribution in [2.45, 2.75) is 32.7 Å². The first-order valence-electron chi connectivity index (χ1n) is 7.73. The van der Waals surface area contributed by atoms with Crippen LogP contribution in [0.25, 0.3) is 0 Å². The molecule has 0 spiro atoms. The van der Waals surface area contributed by atoms with E-state index in [1.807, 2.05) is 0 Å². The molecule has 134 valence electrons. The van der Waals surface area contributed by atoms with Gasteiger partial charge in [0.15, 0.2) is 0 Å². The van der Waals surface area contributed by atoms with Gasteiger partial charge in [0.05, 0.1) is 6.04 Å². The number of rotatable bonds is 5. The third kappa shape index (κ3) is 4.85. The Balaban J connectivity index is 1.92. The molecule has 3 N–H and O–H groups in total. The summed E-state index contributed by atoms with van der Waals surface area (Å²) >= 11 is 0. The van der Waals surface area contributed by atoms with Gasteiger partial charge < -0.3 is 15.8 Å². The van der Waals surface area contributed by atoms with Crippen LogP contribution in [0.4, 0.5) is 18.9 Å². The third-order valence-corrected chi connectivity index (χ3v) is 4.36. The number of nitrogens with zero attached hydrogens (tertiary/aromatic N) is 1. The highest BCUT2D eigenvalue weighted by Crippen LogP contribution is 2.30. The Bertz CT molecular complexity index is 577. The molecule has 24 heavy (non-hydrogen) atoms. The maximum absolute atomic E-state index is 12.3. The summed E-state index contributed by atoms with van der Waals surface area (Å²) in [6.45, 7) is 6.01. The molecule has 1 amide bonds. The van der Waals surface area contributed by atoms with Gasteiger partial charge in [-0.2, -0.15) is 0 Å². The molecule has 2 unspecified atom stereocenters. The second-order valence-corrected chi connectivity index (χ2v) is 6.47. The molecule has 0 saturated carbocycles. The van der Waals surface area contributed by atoms with Crippen LogP contribution in [-0.4, -0.2) is 42.8 Å². The van der Waals surface area contributed by atoms with Crippen molar-refractivity contribution in [1.29, 1.82) is 0 Å². The van der Waals surface area contributed by atoms with Crippen molar-refractivity contribution in [1.82, 2.24) is 4.90 Å². The van der Waals surface area contributed by atoms with Crippen LogP contribution < -0.4 is 15.8 Å². The summed E-state index contributed by atoms with van der Waals surface area (Å²) < 4.78 is 40.1. The van der Waals surface area contributed by atoms with Crippen molar-refractivity contribution in [2.75, 3.05) is 25.0 Å². The average Bonchev–Trinajstić information content (AvgIpc) is 2.90. The molecule has 1 aliphatic rings. The molecule has 5 nitrogen and oxygen atoms in total. The van der Waals surface area contributed by atoms with E-state index >= 15 is 0 Å². The number of likely N-dealkylation sites (tertiary alicyclic amines) is 1. The van der Waals surface area contributed by atoms with Crippen LogP contribution in [0.2, 0.25) is 0 Å². The fourth-order valence-corrected chi connectivity index (χ4v) is 2.71. The van der Waals surface area contributed by atoms with Crippen LogP contribution in [0.3, 0.4) is 0 Å². The monoisotopic (exact) mass is 345 g/mol. The molecule has 1 aliphatic heterocycles. The first-order valence-corrected chi connectivity index (χ1v) is 7.73. The highest BCUT2D eigenvalue weighted by Gasteiger charge is 2.36. The van der Waals surface area contributed by atoms with Gasteiger partial charge in [-0.25, -0.2) is 0 Å². The van der Waals surface area contributed by atoms with Crippen LogP contribution in [0, 0.1) is 5.41 Å². The van der Waals surface area contributed by atoms with E-state index in [9.17, 15) is 18.0 Å². The number of benzene rings is 1. The molecule has 2 atom stereocenters. The van der Waals surface area contributed by atoms with E-state index < -0.39 is 6.36 Å². The molecule has 0 aliphatic carbocycles. The van der Waals surface area contributed by atoms with Crippen LogP contribution in [0.15, 0.2) is 24.3 Å². The first kappa shape index (κ1) is 18.5. The van der Waals surface area contributed by atoms with E-state index in [1.54, 1.807) is 6.92 Å². The number of anilines is 1. The molecule has 0 radical (unpaired) electrons. The van der Waals surface area contributed by atoms with Crippen molar-refractivity contribution in [3.05, 3.63) is 24.3 Å².